The van der Waals surface area contributed by atoms with Crippen LogP contribution in [0, 0.1) is 0 Å². The highest BCUT2D eigenvalue weighted by atomic mass is 19.4. The summed E-state index contributed by atoms with van der Waals surface area (Å²) in [5.41, 5.74) is 6.59. The van der Waals surface area contributed by atoms with Crippen LogP contribution in [0.5, 0.6) is 5.75 Å². The van der Waals surface area contributed by atoms with E-state index >= 15 is 0 Å². The van der Waals surface area contributed by atoms with E-state index in [9.17, 15) is 13.2 Å². The number of hydrogen-bond donors (Lipinski definition) is 1. The summed E-state index contributed by atoms with van der Waals surface area (Å²) in [7, 11) is 0. The van der Waals surface area contributed by atoms with Gasteiger partial charge in [-0.05, 0) is 36.5 Å². The van der Waals surface area contributed by atoms with Gasteiger partial charge in [0.2, 0.25) is 6.10 Å². The van der Waals surface area contributed by atoms with Gasteiger partial charge in [0, 0.05) is 0 Å². The molecule has 0 saturated heterocycles. The highest BCUT2D eigenvalue weighted by Crippen LogP contribution is 2.29. The van der Waals surface area contributed by atoms with E-state index in [1.807, 2.05) is 0 Å². The van der Waals surface area contributed by atoms with Crippen LogP contribution in [-0.2, 0) is 0 Å². The van der Waals surface area contributed by atoms with Crippen LogP contribution < -0.4 is 10.5 Å². The minimum absolute atomic E-state index is 0.197. The Hall–Kier alpha value is -1.23. The highest BCUT2D eigenvalue weighted by Gasteiger charge is 2.45. The number of benzene rings is 1. The largest absolute Gasteiger partial charge is 0.479 e. The number of nitrogens with two attached hydrogens (primary N) is 1. The van der Waals surface area contributed by atoms with Crippen LogP contribution in [0.25, 0.3) is 0 Å². The number of alkyl halides is 3. The Balaban J connectivity index is 2.84. The van der Waals surface area contributed by atoms with E-state index in [0.717, 1.165) is 12.0 Å². The van der Waals surface area contributed by atoms with Crippen molar-refractivity contribution in [2.24, 2.45) is 5.73 Å². The first-order valence-electron chi connectivity index (χ1n) is 6.88. The maximum atomic E-state index is 12.9. The number of rotatable bonds is 6. The lowest BCUT2D eigenvalue weighted by Crippen LogP contribution is -2.48. The second-order valence-corrected chi connectivity index (χ2v) is 5.03. The van der Waals surface area contributed by atoms with Crippen LogP contribution in [0.3, 0.4) is 0 Å². The zero-order chi connectivity index (χ0) is 15.3. The molecule has 1 aromatic rings. The van der Waals surface area contributed by atoms with Crippen LogP contribution in [0.4, 0.5) is 13.2 Å². The Morgan fingerprint density at radius 3 is 2.05 bits per heavy atom. The molecule has 1 aromatic carbocycles. The van der Waals surface area contributed by atoms with Crippen LogP contribution in [0.2, 0.25) is 0 Å². The van der Waals surface area contributed by atoms with Gasteiger partial charge in [-0.1, -0.05) is 32.9 Å². The van der Waals surface area contributed by atoms with Crippen molar-refractivity contribution < 1.29 is 17.9 Å². The normalized spacial score (nSPS) is 16.6. The monoisotopic (exact) mass is 289 g/mol. The van der Waals surface area contributed by atoms with Gasteiger partial charge in [-0.2, -0.15) is 13.2 Å². The van der Waals surface area contributed by atoms with Crippen molar-refractivity contribution in [3.8, 4) is 5.75 Å². The molecule has 0 aliphatic carbocycles. The number of hydrogen-bond acceptors (Lipinski definition) is 2. The van der Waals surface area contributed by atoms with Gasteiger partial charge in [0.05, 0.1) is 6.04 Å². The summed E-state index contributed by atoms with van der Waals surface area (Å²) in [6.07, 6.45) is -5.26. The molecule has 0 aromatic heterocycles. The summed E-state index contributed by atoms with van der Waals surface area (Å²) in [6.45, 7) is 5.75. The van der Waals surface area contributed by atoms with E-state index < -0.39 is 18.3 Å². The van der Waals surface area contributed by atoms with Gasteiger partial charge in [-0.3, -0.25) is 0 Å². The van der Waals surface area contributed by atoms with Crippen molar-refractivity contribution in [1.29, 1.82) is 0 Å². The summed E-state index contributed by atoms with van der Waals surface area (Å²) >= 11 is 0. The van der Waals surface area contributed by atoms with Crippen molar-refractivity contribution in [1.82, 2.24) is 0 Å². The van der Waals surface area contributed by atoms with Crippen molar-refractivity contribution in [3.05, 3.63) is 29.8 Å². The lowest BCUT2D eigenvalue weighted by molar-refractivity contribution is -0.200. The molecule has 0 heterocycles. The van der Waals surface area contributed by atoms with Gasteiger partial charge in [0.1, 0.15) is 5.75 Å². The van der Waals surface area contributed by atoms with E-state index in [-0.39, 0.29) is 12.2 Å². The molecule has 0 amide bonds. The molecule has 0 aliphatic rings. The molecule has 2 nitrogen and oxygen atoms in total. The van der Waals surface area contributed by atoms with Gasteiger partial charge in [0.25, 0.3) is 0 Å². The molecule has 0 saturated carbocycles. The smallest absolute Gasteiger partial charge is 0.426 e. The zero-order valence-corrected chi connectivity index (χ0v) is 12.1. The molecule has 0 bridgehead atoms. The first-order chi connectivity index (χ1) is 9.29. The molecule has 20 heavy (non-hydrogen) atoms. The van der Waals surface area contributed by atoms with Crippen molar-refractivity contribution in [2.75, 3.05) is 0 Å². The van der Waals surface area contributed by atoms with Gasteiger partial charge in [-0.25, -0.2) is 0 Å². The molecule has 3 unspecified atom stereocenters. The van der Waals surface area contributed by atoms with Crippen LogP contribution in [0.1, 0.15) is 45.1 Å². The average Bonchev–Trinajstić information content (AvgIpc) is 2.42. The minimum Gasteiger partial charge on any atom is -0.479 e. The summed E-state index contributed by atoms with van der Waals surface area (Å²) in [5, 5.41) is 0. The lowest BCUT2D eigenvalue weighted by atomic mass is 9.99. The van der Waals surface area contributed by atoms with Crippen molar-refractivity contribution >= 4 is 0 Å². The first kappa shape index (κ1) is 16.8. The van der Waals surface area contributed by atoms with E-state index in [1.165, 1.54) is 0 Å². The third-order valence-electron chi connectivity index (χ3n) is 3.51. The second kappa shape index (κ2) is 6.97. The van der Waals surface area contributed by atoms with Crippen LogP contribution >= 0.6 is 0 Å². The fraction of sp³-hybridized carbons (Fsp3) is 0.600. The van der Waals surface area contributed by atoms with Crippen molar-refractivity contribution in [3.63, 3.8) is 0 Å². The van der Waals surface area contributed by atoms with Crippen LogP contribution in [0.15, 0.2) is 24.3 Å². The maximum Gasteiger partial charge on any atom is 0.426 e. The molecule has 5 heteroatoms. The van der Waals surface area contributed by atoms with Gasteiger partial charge in [-0.15, -0.1) is 0 Å². The fourth-order valence-electron chi connectivity index (χ4n) is 1.87. The maximum absolute atomic E-state index is 12.9. The SMILES string of the molecule is CCC(C)c1ccc(OC(C(N)CC)C(F)(F)F)cc1. The predicted octanol–water partition coefficient (Wildman–Crippen LogP) is 4.25. The summed E-state index contributed by atoms with van der Waals surface area (Å²) in [5.74, 6) is 0.573. The Morgan fingerprint density at radius 2 is 1.65 bits per heavy atom. The molecular formula is C15H22F3NO. The van der Waals surface area contributed by atoms with Gasteiger partial charge < -0.3 is 10.5 Å². The first-order valence-corrected chi connectivity index (χ1v) is 6.88. The number of halogens is 3. The molecule has 2 N–H and O–H groups in total. The molecule has 3 atom stereocenters. The Bertz CT molecular complexity index is 403. The third-order valence-corrected chi connectivity index (χ3v) is 3.51. The third kappa shape index (κ3) is 4.40. The molecular weight excluding hydrogens is 267 g/mol. The molecule has 1 rings (SSSR count). The summed E-state index contributed by atoms with van der Waals surface area (Å²) in [4.78, 5) is 0. The Morgan fingerprint density at radius 1 is 1.10 bits per heavy atom. The molecule has 0 spiro atoms. The second-order valence-electron chi connectivity index (χ2n) is 5.03. The molecule has 114 valence electrons. The predicted molar refractivity (Wildman–Crippen MR) is 73.9 cm³/mol. The van der Waals surface area contributed by atoms with Gasteiger partial charge in [0.15, 0.2) is 0 Å². The minimum atomic E-state index is -4.47. The van der Waals surface area contributed by atoms with E-state index in [1.54, 1.807) is 31.2 Å². The standard InChI is InChI=1S/C15H22F3NO/c1-4-10(3)11-6-8-12(9-7-11)20-14(13(19)5-2)15(16,17)18/h6-10,13-14H,4-5,19H2,1-3H3. The van der Waals surface area contributed by atoms with E-state index in [0.29, 0.717) is 5.92 Å². The Kier molecular flexibility index (Phi) is 5.87. The number of ether oxygens (including phenoxy) is 1. The van der Waals surface area contributed by atoms with Crippen LogP contribution in [-0.4, -0.2) is 18.3 Å². The van der Waals surface area contributed by atoms with E-state index in [4.69, 9.17) is 10.5 Å². The molecule has 0 fully saturated rings. The quantitative estimate of drug-likeness (QED) is 0.849. The molecule has 0 aliphatic heterocycles. The average molecular weight is 289 g/mol. The topological polar surface area (TPSA) is 35.2 Å². The van der Waals surface area contributed by atoms with E-state index in [2.05, 4.69) is 13.8 Å². The fourth-order valence-corrected chi connectivity index (χ4v) is 1.87. The van der Waals surface area contributed by atoms with Gasteiger partial charge >= 0.3 is 6.18 Å². The lowest BCUT2D eigenvalue weighted by Gasteiger charge is -2.26. The zero-order valence-electron chi connectivity index (χ0n) is 12.1. The molecule has 0 radical (unpaired) electrons. The Labute approximate surface area is 118 Å². The van der Waals surface area contributed by atoms with Crippen molar-refractivity contribution in [2.45, 2.75) is 57.9 Å². The highest BCUT2D eigenvalue weighted by molar-refractivity contribution is 5.29. The summed E-state index contributed by atoms with van der Waals surface area (Å²) < 4.78 is 43.8. The summed E-state index contributed by atoms with van der Waals surface area (Å²) in [6, 6.07) is 5.68.